The van der Waals surface area contributed by atoms with Crippen LogP contribution in [-0.2, 0) is 6.42 Å². The molecular weight excluding hydrogens is 310 g/mol. The van der Waals surface area contributed by atoms with Gasteiger partial charge in [0, 0.05) is 6.07 Å². The van der Waals surface area contributed by atoms with Crippen LogP contribution in [0.2, 0.25) is 0 Å². The Bertz CT molecular complexity index is 928. The van der Waals surface area contributed by atoms with Crippen molar-refractivity contribution in [3.63, 3.8) is 0 Å². The van der Waals surface area contributed by atoms with Crippen molar-refractivity contribution in [2.75, 3.05) is 0 Å². The number of phenols is 2. The first-order valence-corrected chi connectivity index (χ1v) is 7.71. The van der Waals surface area contributed by atoms with Crippen molar-refractivity contribution in [3.8, 4) is 28.6 Å². The third-order valence-corrected chi connectivity index (χ3v) is 4.09. The van der Waals surface area contributed by atoms with E-state index in [1.54, 1.807) is 10.6 Å². The lowest BCUT2D eigenvalue weighted by Gasteiger charge is -2.12. The Labute approximate surface area is 138 Å². The molecule has 0 amide bonds. The first-order valence-electron chi connectivity index (χ1n) is 7.31. The van der Waals surface area contributed by atoms with E-state index in [0.29, 0.717) is 16.2 Å². The number of aromatic nitrogens is 3. The van der Waals surface area contributed by atoms with Gasteiger partial charge in [-0.25, -0.2) is 0 Å². The number of aromatic amines is 1. The molecule has 3 rings (SSSR count). The van der Waals surface area contributed by atoms with Gasteiger partial charge in [0.05, 0.1) is 11.3 Å². The molecule has 3 aromatic rings. The van der Waals surface area contributed by atoms with Crippen molar-refractivity contribution < 1.29 is 10.2 Å². The van der Waals surface area contributed by atoms with Crippen LogP contribution in [0, 0.1) is 11.7 Å². The van der Waals surface area contributed by atoms with Gasteiger partial charge >= 0.3 is 0 Å². The van der Waals surface area contributed by atoms with Crippen LogP contribution in [0.4, 0.5) is 0 Å². The van der Waals surface area contributed by atoms with Crippen molar-refractivity contribution in [1.29, 1.82) is 0 Å². The highest BCUT2D eigenvalue weighted by Gasteiger charge is 2.16. The fourth-order valence-corrected chi connectivity index (χ4v) is 2.76. The first kappa shape index (κ1) is 15.3. The van der Waals surface area contributed by atoms with E-state index in [1.165, 1.54) is 17.7 Å². The van der Waals surface area contributed by atoms with Gasteiger partial charge in [0.25, 0.3) is 0 Å². The minimum Gasteiger partial charge on any atom is -0.508 e. The number of hydrogen-bond donors (Lipinski definition) is 3. The number of hydrogen-bond acceptors (Lipinski definition) is 4. The molecule has 23 heavy (non-hydrogen) atoms. The minimum atomic E-state index is -0.0513. The zero-order valence-electron chi connectivity index (χ0n) is 12.9. The van der Waals surface area contributed by atoms with Gasteiger partial charge in [-0.05, 0) is 54.9 Å². The van der Waals surface area contributed by atoms with E-state index < -0.39 is 0 Å². The molecule has 1 aromatic heterocycles. The summed E-state index contributed by atoms with van der Waals surface area (Å²) in [6, 6.07) is 10.6. The van der Waals surface area contributed by atoms with Crippen LogP contribution >= 0.6 is 12.2 Å². The highest BCUT2D eigenvalue weighted by Crippen LogP contribution is 2.33. The number of aryl methyl sites for hydroxylation is 2. The quantitative estimate of drug-likeness (QED) is 0.638. The van der Waals surface area contributed by atoms with Crippen LogP contribution in [0.3, 0.4) is 0 Å². The first-order chi connectivity index (χ1) is 11.0. The summed E-state index contributed by atoms with van der Waals surface area (Å²) in [6.07, 6.45) is 0.915. The average molecular weight is 327 g/mol. The SMILES string of the molecule is CCc1ccc(C)c(-n2c(-c3ccc(O)cc3O)n[nH]c2=S)c1. The lowest BCUT2D eigenvalue weighted by Crippen LogP contribution is -2.01. The van der Waals surface area contributed by atoms with Crippen LogP contribution in [0.15, 0.2) is 36.4 Å². The summed E-state index contributed by atoms with van der Waals surface area (Å²) in [6.45, 7) is 4.10. The van der Waals surface area contributed by atoms with Gasteiger partial charge in [0.15, 0.2) is 10.6 Å². The van der Waals surface area contributed by atoms with E-state index in [9.17, 15) is 10.2 Å². The zero-order valence-corrected chi connectivity index (χ0v) is 13.7. The van der Waals surface area contributed by atoms with Crippen molar-refractivity contribution in [3.05, 3.63) is 52.3 Å². The molecule has 3 N–H and O–H groups in total. The Morgan fingerprint density at radius 3 is 2.65 bits per heavy atom. The molecule has 0 aliphatic rings. The van der Waals surface area contributed by atoms with Crippen molar-refractivity contribution in [2.45, 2.75) is 20.3 Å². The molecule has 0 saturated heterocycles. The predicted octanol–water partition coefficient (Wildman–Crippen LogP) is 3.88. The summed E-state index contributed by atoms with van der Waals surface area (Å²) in [7, 11) is 0. The molecule has 0 spiro atoms. The van der Waals surface area contributed by atoms with Gasteiger partial charge in [-0.3, -0.25) is 9.67 Å². The summed E-state index contributed by atoms with van der Waals surface area (Å²) in [5.41, 5.74) is 3.66. The molecule has 0 aliphatic carbocycles. The monoisotopic (exact) mass is 327 g/mol. The number of aromatic hydroxyl groups is 2. The maximum Gasteiger partial charge on any atom is 0.200 e. The highest BCUT2D eigenvalue weighted by molar-refractivity contribution is 7.71. The fraction of sp³-hybridized carbons (Fsp3) is 0.176. The zero-order chi connectivity index (χ0) is 16.6. The third-order valence-electron chi connectivity index (χ3n) is 3.82. The van der Waals surface area contributed by atoms with Crippen LogP contribution in [0.5, 0.6) is 11.5 Å². The number of phenolic OH excluding ortho intramolecular Hbond substituents is 2. The largest absolute Gasteiger partial charge is 0.508 e. The van der Waals surface area contributed by atoms with Crippen LogP contribution in [-0.4, -0.2) is 25.0 Å². The van der Waals surface area contributed by atoms with Crippen molar-refractivity contribution in [1.82, 2.24) is 14.8 Å². The molecule has 0 aliphatic heterocycles. The number of nitrogens with one attached hydrogen (secondary N) is 1. The summed E-state index contributed by atoms with van der Waals surface area (Å²) in [5.74, 6) is 0.449. The average Bonchev–Trinajstić information content (AvgIpc) is 2.89. The van der Waals surface area contributed by atoms with Gasteiger partial charge in [-0.2, -0.15) is 5.10 Å². The van der Waals surface area contributed by atoms with Gasteiger partial charge in [0.1, 0.15) is 11.5 Å². The summed E-state index contributed by atoms with van der Waals surface area (Å²) in [4.78, 5) is 0. The van der Waals surface area contributed by atoms with E-state index in [1.807, 2.05) is 13.0 Å². The Balaban J connectivity index is 2.26. The summed E-state index contributed by atoms with van der Waals surface area (Å²) >= 11 is 5.38. The lowest BCUT2D eigenvalue weighted by atomic mass is 10.1. The topological polar surface area (TPSA) is 74.1 Å². The van der Waals surface area contributed by atoms with Gasteiger partial charge in [-0.15, -0.1) is 0 Å². The standard InChI is InChI=1S/C17H17N3O2S/c1-3-11-5-4-10(2)14(8-11)20-16(18-19-17(20)23)13-7-6-12(21)9-15(13)22/h4-9,21-22H,3H2,1-2H3,(H,19,23). The second kappa shape index (κ2) is 5.89. The molecule has 6 heteroatoms. The van der Waals surface area contributed by atoms with E-state index in [2.05, 4.69) is 29.3 Å². The van der Waals surface area contributed by atoms with Gasteiger partial charge in [0.2, 0.25) is 0 Å². The molecule has 0 atom stereocenters. The fourth-order valence-electron chi connectivity index (χ4n) is 2.53. The Morgan fingerprint density at radius 2 is 1.96 bits per heavy atom. The van der Waals surface area contributed by atoms with E-state index >= 15 is 0 Å². The van der Waals surface area contributed by atoms with Gasteiger partial charge < -0.3 is 10.2 Å². The summed E-state index contributed by atoms with van der Waals surface area (Å²) in [5, 5.41) is 26.6. The second-order valence-corrected chi connectivity index (χ2v) is 5.75. The third kappa shape index (κ3) is 2.73. The molecule has 5 nitrogen and oxygen atoms in total. The van der Waals surface area contributed by atoms with E-state index in [0.717, 1.165) is 17.7 Å². The highest BCUT2D eigenvalue weighted by atomic mass is 32.1. The van der Waals surface area contributed by atoms with Crippen LogP contribution in [0.25, 0.3) is 17.1 Å². The second-order valence-electron chi connectivity index (χ2n) is 5.36. The smallest absolute Gasteiger partial charge is 0.200 e. The molecule has 0 bridgehead atoms. The van der Waals surface area contributed by atoms with Crippen LogP contribution in [0.1, 0.15) is 18.1 Å². The molecule has 0 saturated carbocycles. The molecule has 2 aromatic carbocycles. The van der Waals surface area contributed by atoms with Crippen molar-refractivity contribution in [2.24, 2.45) is 0 Å². The van der Waals surface area contributed by atoms with E-state index in [4.69, 9.17) is 12.2 Å². The molecule has 1 heterocycles. The minimum absolute atomic E-state index is 0.00362. The number of H-pyrrole nitrogens is 1. The van der Waals surface area contributed by atoms with Gasteiger partial charge in [-0.1, -0.05) is 19.1 Å². The Hall–Kier alpha value is -2.60. The number of nitrogens with zero attached hydrogens (tertiary/aromatic N) is 2. The molecular formula is C17H17N3O2S. The van der Waals surface area contributed by atoms with Crippen LogP contribution < -0.4 is 0 Å². The maximum atomic E-state index is 10.1. The normalized spacial score (nSPS) is 10.9. The summed E-state index contributed by atoms with van der Waals surface area (Å²) < 4.78 is 2.25. The Kier molecular flexibility index (Phi) is 3.92. The number of rotatable bonds is 3. The number of benzene rings is 2. The van der Waals surface area contributed by atoms with E-state index in [-0.39, 0.29) is 11.5 Å². The molecule has 118 valence electrons. The lowest BCUT2D eigenvalue weighted by molar-refractivity contribution is 0.451. The maximum absolute atomic E-state index is 10.1. The molecule has 0 radical (unpaired) electrons. The molecule has 0 unspecified atom stereocenters. The van der Waals surface area contributed by atoms with Crippen molar-refractivity contribution >= 4 is 12.2 Å². The predicted molar refractivity (Wildman–Crippen MR) is 91.6 cm³/mol. The molecule has 0 fully saturated rings. The Morgan fingerprint density at radius 1 is 1.17 bits per heavy atom.